The third-order valence-electron chi connectivity index (χ3n) is 3.86. The van der Waals surface area contributed by atoms with Crippen molar-refractivity contribution >= 4 is 56.1 Å². The van der Waals surface area contributed by atoms with Crippen LogP contribution in [0.1, 0.15) is 15.1 Å². The molecule has 2 N–H and O–H groups in total. The maximum Gasteiger partial charge on any atom is 0.489 e. The Kier molecular flexibility index (Phi) is 1.33. The summed E-state index contributed by atoms with van der Waals surface area (Å²) in [4.78, 5) is 0. The van der Waals surface area contributed by atoms with Crippen molar-refractivity contribution in [2.75, 3.05) is 0 Å². The summed E-state index contributed by atoms with van der Waals surface area (Å²) in [6, 6.07) is -6.74. The van der Waals surface area contributed by atoms with Gasteiger partial charge in [-0.1, -0.05) is 54.4 Å². The van der Waals surface area contributed by atoms with Gasteiger partial charge in [-0.2, -0.15) is 0 Å². The predicted octanol–water partition coefficient (Wildman–Crippen LogP) is 3.57. The van der Waals surface area contributed by atoms with E-state index in [4.69, 9.17) is 19.5 Å². The van der Waals surface area contributed by atoms with Crippen LogP contribution in [0, 0.1) is 0 Å². The molecule has 5 aromatic rings. The van der Waals surface area contributed by atoms with Gasteiger partial charge in [0, 0.05) is 10.8 Å². The van der Waals surface area contributed by atoms with E-state index in [0.29, 0.717) is 0 Å². The standard InChI is InChI=1S/C20H13BO3/c22-21(23)16-11-18-20(15-8-4-3-7-14(15)16)19-13-6-2-1-5-12(13)9-10-17(19)24-18/h1-11,22-23H/i1D,2D,3D,4D,5D,6D,7D,8D,9D,10D,11D. The summed E-state index contributed by atoms with van der Waals surface area (Å²) >= 11 is 0. The molecule has 3 nitrogen and oxygen atoms in total. The number of hydrogen-bond acceptors (Lipinski definition) is 3. The monoisotopic (exact) mass is 323 g/mol. The van der Waals surface area contributed by atoms with E-state index in [0.717, 1.165) is 0 Å². The third-order valence-corrected chi connectivity index (χ3v) is 3.86. The van der Waals surface area contributed by atoms with Crippen LogP contribution in [0.25, 0.3) is 43.5 Å². The summed E-state index contributed by atoms with van der Waals surface area (Å²) < 4.78 is 96.9. The lowest BCUT2D eigenvalue weighted by Crippen LogP contribution is -2.30. The van der Waals surface area contributed by atoms with Gasteiger partial charge in [0.25, 0.3) is 0 Å². The lowest BCUT2D eigenvalue weighted by molar-refractivity contribution is 0.426. The van der Waals surface area contributed by atoms with Gasteiger partial charge in [-0.05, 0) is 39.1 Å². The highest BCUT2D eigenvalue weighted by Gasteiger charge is 2.20. The van der Waals surface area contributed by atoms with Crippen LogP contribution in [0.5, 0.6) is 0 Å². The Morgan fingerprint density at radius 2 is 1.42 bits per heavy atom. The summed E-state index contributed by atoms with van der Waals surface area (Å²) in [5.41, 5.74) is -1.27. The van der Waals surface area contributed by atoms with Gasteiger partial charge >= 0.3 is 7.12 Å². The van der Waals surface area contributed by atoms with E-state index >= 15 is 0 Å². The van der Waals surface area contributed by atoms with E-state index in [9.17, 15) is 10.0 Å². The van der Waals surface area contributed by atoms with Gasteiger partial charge in [-0.3, -0.25) is 0 Å². The minimum absolute atomic E-state index is 0.134. The fourth-order valence-corrected chi connectivity index (χ4v) is 2.88. The van der Waals surface area contributed by atoms with Crippen LogP contribution in [0.3, 0.4) is 0 Å². The molecule has 0 aliphatic rings. The van der Waals surface area contributed by atoms with Gasteiger partial charge in [-0.25, -0.2) is 0 Å². The first-order valence-electron chi connectivity index (χ1n) is 12.5. The van der Waals surface area contributed by atoms with Crippen LogP contribution in [-0.2, 0) is 0 Å². The Hall–Kier alpha value is -2.82. The van der Waals surface area contributed by atoms with E-state index < -0.39 is 79.0 Å². The van der Waals surface area contributed by atoms with Crippen molar-refractivity contribution < 1.29 is 29.5 Å². The Morgan fingerprint density at radius 3 is 2.21 bits per heavy atom. The fourth-order valence-electron chi connectivity index (χ4n) is 2.88. The molecular weight excluding hydrogens is 299 g/mol. The summed E-state index contributed by atoms with van der Waals surface area (Å²) in [7, 11) is -2.32. The number of furan rings is 1. The molecule has 0 aliphatic carbocycles. The van der Waals surface area contributed by atoms with E-state index in [2.05, 4.69) is 0 Å². The summed E-state index contributed by atoms with van der Waals surface area (Å²) in [6.45, 7) is 0. The van der Waals surface area contributed by atoms with Crippen LogP contribution < -0.4 is 5.46 Å². The topological polar surface area (TPSA) is 53.6 Å². The number of rotatable bonds is 1. The minimum Gasteiger partial charge on any atom is -0.456 e. The van der Waals surface area contributed by atoms with E-state index in [1.807, 2.05) is 0 Å². The molecule has 0 unspecified atom stereocenters. The first-order chi connectivity index (χ1) is 16.3. The number of benzene rings is 4. The molecule has 4 aromatic carbocycles. The number of fused-ring (bicyclic) bond motifs is 7. The van der Waals surface area contributed by atoms with Gasteiger partial charge in [-0.15, -0.1) is 0 Å². The molecule has 0 fully saturated rings. The molecule has 0 saturated heterocycles. The highest BCUT2D eigenvalue weighted by Crippen LogP contribution is 2.38. The first kappa shape index (κ1) is 6.59. The molecule has 1 heterocycles. The average molecular weight is 323 g/mol. The van der Waals surface area contributed by atoms with Crippen LogP contribution in [0.2, 0.25) is 0 Å². The highest BCUT2D eigenvalue weighted by molar-refractivity contribution is 6.62. The zero-order chi connectivity index (χ0) is 25.8. The van der Waals surface area contributed by atoms with Crippen molar-refractivity contribution in [3.63, 3.8) is 0 Å². The minimum atomic E-state index is -2.32. The quantitative estimate of drug-likeness (QED) is 0.464. The lowest BCUT2D eigenvalue weighted by Gasteiger charge is -2.07. The zero-order valence-corrected chi connectivity index (χ0v) is 11.9. The Morgan fingerprint density at radius 1 is 0.750 bits per heavy atom. The molecule has 0 amide bonds. The van der Waals surface area contributed by atoms with Gasteiger partial charge in [0.1, 0.15) is 11.2 Å². The maximum absolute atomic E-state index is 10.0. The largest absolute Gasteiger partial charge is 0.489 e. The molecule has 1 aromatic heterocycles. The highest BCUT2D eigenvalue weighted by atomic mass is 16.4. The molecule has 0 saturated carbocycles. The average Bonchev–Trinajstić information content (AvgIpc) is 3.21. The summed E-state index contributed by atoms with van der Waals surface area (Å²) in [5.74, 6) is 0. The van der Waals surface area contributed by atoms with Crippen molar-refractivity contribution in [1.29, 1.82) is 0 Å². The second-order valence-corrected chi connectivity index (χ2v) is 5.17. The van der Waals surface area contributed by atoms with Crippen LogP contribution >= 0.6 is 0 Å². The van der Waals surface area contributed by atoms with E-state index in [1.165, 1.54) is 0 Å². The second kappa shape index (κ2) is 4.84. The van der Waals surface area contributed by atoms with Crippen LogP contribution in [0.4, 0.5) is 0 Å². The molecule has 0 aliphatic heterocycles. The molecule has 0 radical (unpaired) electrons. The SMILES string of the molecule is [2H]c1c([2H])c([2H])c2c(c1[2H])c([2H])c([2H])c1oc3c([2H])c(B(O)O)c4c([2H])c([2H])c([2H])c([2H])c4c3c12. The molecule has 0 spiro atoms. The van der Waals surface area contributed by atoms with Crippen molar-refractivity contribution in [3.05, 3.63) is 66.5 Å². The van der Waals surface area contributed by atoms with Crippen molar-refractivity contribution in [1.82, 2.24) is 0 Å². The van der Waals surface area contributed by atoms with Gasteiger partial charge in [0.2, 0.25) is 0 Å². The Labute approximate surface area is 153 Å². The van der Waals surface area contributed by atoms with Crippen molar-refractivity contribution in [2.45, 2.75) is 0 Å². The fraction of sp³-hybridized carbons (Fsp3) is 0. The lowest BCUT2D eigenvalue weighted by atomic mass is 9.76. The second-order valence-electron chi connectivity index (χ2n) is 5.17. The van der Waals surface area contributed by atoms with E-state index in [1.54, 1.807) is 0 Å². The maximum atomic E-state index is 10.0. The Balaban J connectivity index is 2.31. The molecule has 5 rings (SSSR count). The molecule has 0 atom stereocenters. The van der Waals surface area contributed by atoms with Crippen molar-refractivity contribution in [3.8, 4) is 0 Å². The summed E-state index contributed by atoms with van der Waals surface area (Å²) in [5, 5.41) is 18.6. The van der Waals surface area contributed by atoms with Gasteiger partial charge in [0.15, 0.2) is 0 Å². The third kappa shape index (κ3) is 1.75. The van der Waals surface area contributed by atoms with Crippen LogP contribution in [0.15, 0.2) is 70.9 Å². The molecule has 0 bridgehead atoms. The van der Waals surface area contributed by atoms with Gasteiger partial charge < -0.3 is 14.5 Å². The molecule has 24 heavy (non-hydrogen) atoms. The number of hydrogen-bond donors (Lipinski definition) is 2. The molecule has 114 valence electrons. The molecular formula is C20H13BO3. The van der Waals surface area contributed by atoms with Gasteiger partial charge in [0.05, 0.1) is 15.1 Å². The van der Waals surface area contributed by atoms with E-state index in [-0.39, 0.29) is 43.5 Å². The normalized spacial score (nSPS) is 18.2. The molecule has 4 heteroatoms. The predicted molar refractivity (Wildman–Crippen MR) is 98.6 cm³/mol. The summed E-state index contributed by atoms with van der Waals surface area (Å²) in [6.07, 6.45) is 0. The first-order valence-corrected chi connectivity index (χ1v) is 6.96. The smallest absolute Gasteiger partial charge is 0.456 e. The van der Waals surface area contributed by atoms with Crippen LogP contribution in [-0.4, -0.2) is 17.2 Å². The van der Waals surface area contributed by atoms with Crippen molar-refractivity contribution in [2.24, 2.45) is 0 Å². The zero-order valence-electron chi connectivity index (χ0n) is 22.9. The Bertz CT molecular complexity index is 1800.